The zero-order chi connectivity index (χ0) is 19.1. The van der Waals surface area contributed by atoms with Gasteiger partial charge >= 0.3 is 17.9 Å². The molecule has 0 heterocycles. The van der Waals surface area contributed by atoms with Crippen LogP contribution in [0.1, 0.15) is 20.3 Å². The molecule has 9 heteroatoms. The Bertz CT molecular complexity index is 701. The molecule has 0 radical (unpaired) electrons. The van der Waals surface area contributed by atoms with Crippen molar-refractivity contribution in [3.63, 3.8) is 0 Å². The van der Waals surface area contributed by atoms with E-state index < -0.39 is 30.6 Å². The first kappa shape index (κ1) is 21.3. The highest BCUT2D eigenvalue weighted by atomic mass is 35.5. The van der Waals surface area contributed by atoms with Crippen LogP contribution in [-0.4, -0.2) is 30.6 Å². The Labute approximate surface area is 159 Å². The molecule has 0 N–H and O–H groups in total. The molecule has 1 atom stereocenters. The summed E-state index contributed by atoms with van der Waals surface area (Å²) in [7, 11) is 0. The van der Waals surface area contributed by atoms with E-state index in [1.54, 1.807) is 6.92 Å². The van der Waals surface area contributed by atoms with Crippen LogP contribution in [0.25, 0.3) is 0 Å². The summed E-state index contributed by atoms with van der Waals surface area (Å²) >= 11 is 17.5. The Hall–Kier alpha value is -1.76. The molecule has 0 fully saturated rings. The number of carbonyl (C=O) groups is 3. The maximum absolute atomic E-state index is 11.8. The fraction of sp³-hybridized carbons (Fsp3) is 0.312. The van der Waals surface area contributed by atoms with Gasteiger partial charge in [-0.05, 0) is 19.4 Å². The van der Waals surface area contributed by atoms with Gasteiger partial charge in [-0.15, -0.1) is 0 Å². The van der Waals surface area contributed by atoms with Gasteiger partial charge in [-0.1, -0.05) is 48.3 Å². The van der Waals surface area contributed by atoms with E-state index in [2.05, 4.69) is 11.3 Å². The SMILES string of the molecule is C=C(C)C(=O)OC(CC)C(=O)OC(=O)COc1cc(Cl)c(Cl)cc1Cl. The molecule has 1 aromatic rings. The molecule has 0 aromatic heterocycles. The van der Waals surface area contributed by atoms with Crippen LogP contribution in [0.15, 0.2) is 24.3 Å². The van der Waals surface area contributed by atoms with Crippen LogP contribution in [0.2, 0.25) is 15.1 Å². The Balaban J connectivity index is 2.61. The van der Waals surface area contributed by atoms with Gasteiger partial charge in [0.15, 0.2) is 12.7 Å². The smallest absolute Gasteiger partial charge is 0.355 e. The summed E-state index contributed by atoms with van der Waals surface area (Å²) in [6.07, 6.45) is -1.09. The third kappa shape index (κ3) is 6.57. The second kappa shape index (κ2) is 9.65. The molecule has 1 unspecified atom stereocenters. The van der Waals surface area contributed by atoms with E-state index in [1.165, 1.54) is 19.1 Å². The van der Waals surface area contributed by atoms with Crippen molar-refractivity contribution in [2.75, 3.05) is 6.61 Å². The average molecular weight is 410 g/mol. The minimum atomic E-state index is -1.22. The molecule has 1 rings (SSSR count). The molecule has 0 saturated heterocycles. The minimum absolute atomic E-state index is 0.0983. The summed E-state index contributed by atoms with van der Waals surface area (Å²) in [5, 5.41) is 0.542. The number of benzene rings is 1. The molecule has 1 aromatic carbocycles. The van der Waals surface area contributed by atoms with E-state index in [0.29, 0.717) is 0 Å². The lowest BCUT2D eigenvalue weighted by Gasteiger charge is -2.14. The largest absolute Gasteiger partial charge is 0.480 e. The predicted molar refractivity (Wildman–Crippen MR) is 93.1 cm³/mol. The van der Waals surface area contributed by atoms with Crippen LogP contribution < -0.4 is 4.74 Å². The van der Waals surface area contributed by atoms with Crippen molar-refractivity contribution >= 4 is 52.7 Å². The van der Waals surface area contributed by atoms with Crippen molar-refractivity contribution in [3.05, 3.63) is 39.4 Å². The van der Waals surface area contributed by atoms with Gasteiger partial charge in [-0.25, -0.2) is 14.4 Å². The highest BCUT2D eigenvalue weighted by molar-refractivity contribution is 6.43. The number of ether oxygens (including phenoxy) is 3. The van der Waals surface area contributed by atoms with Crippen LogP contribution in [0, 0.1) is 0 Å². The molecule has 25 heavy (non-hydrogen) atoms. The molecule has 0 spiro atoms. The van der Waals surface area contributed by atoms with Gasteiger partial charge in [-0.2, -0.15) is 0 Å². The lowest BCUT2D eigenvalue weighted by molar-refractivity contribution is -0.173. The third-order valence-corrected chi connectivity index (χ3v) is 3.78. The number of hydrogen-bond donors (Lipinski definition) is 0. The van der Waals surface area contributed by atoms with E-state index >= 15 is 0 Å². The summed E-state index contributed by atoms with van der Waals surface area (Å²) in [5.41, 5.74) is 0.121. The van der Waals surface area contributed by atoms with Crippen molar-refractivity contribution in [1.29, 1.82) is 0 Å². The van der Waals surface area contributed by atoms with Crippen molar-refractivity contribution in [1.82, 2.24) is 0 Å². The molecule has 6 nitrogen and oxygen atoms in total. The zero-order valence-electron chi connectivity index (χ0n) is 13.4. The number of hydrogen-bond acceptors (Lipinski definition) is 6. The average Bonchev–Trinajstić information content (AvgIpc) is 2.54. The van der Waals surface area contributed by atoms with E-state index in [1.807, 2.05) is 0 Å². The topological polar surface area (TPSA) is 78.9 Å². The molecular formula is C16H15Cl3O6. The van der Waals surface area contributed by atoms with Gasteiger partial charge in [0.1, 0.15) is 5.75 Å². The van der Waals surface area contributed by atoms with Gasteiger partial charge in [0.2, 0.25) is 0 Å². The molecule has 0 saturated carbocycles. The van der Waals surface area contributed by atoms with Crippen molar-refractivity contribution < 1.29 is 28.6 Å². The maximum Gasteiger partial charge on any atom is 0.355 e. The number of esters is 3. The molecule has 0 aliphatic rings. The van der Waals surface area contributed by atoms with E-state index in [4.69, 9.17) is 44.3 Å². The quantitative estimate of drug-likeness (QED) is 0.293. The Kier molecular flexibility index (Phi) is 8.22. The molecule has 0 aliphatic carbocycles. The van der Waals surface area contributed by atoms with Crippen molar-refractivity contribution in [2.45, 2.75) is 26.4 Å². The summed E-state index contributed by atoms with van der Waals surface area (Å²) in [6.45, 7) is 5.82. The molecular weight excluding hydrogens is 395 g/mol. The van der Waals surface area contributed by atoms with Gasteiger partial charge in [0, 0.05) is 11.6 Å². The lowest BCUT2D eigenvalue weighted by Crippen LogP contribution is -2.32. The van der Waals surface area contributed by atoms with Crippen LogP contribution in [-0.2, 0) is 23.9 Å². The fourth-order valence-corrected chi connectivity index (χ4v) is 2.08. The fourth-order valence-electron chi connectivity index (χ4n) is 1.49. The highest BCUT2D eigenvalue weighted by Gasteiger charge is 2.25. The van der Waals surface area contributed by atoms with Gasteiger partial charge in [0.25, 0.3) is 0 Å². The summed E-state index contributed by atoms with van der Waals surface area (Å²) in [6, 6.07) is 2.67. The maximum atomic E-state index is 11.8. The Morgan fingerprint density at radius 2 is 1.72 bits per heavy atom. The standard InChI is InChI=1S/C16H15Cl3O6/c1-4-12(24-15(21)8(2)3)16(22)25-14(20)7-23-13-6-10(18)9(17)5-11(13)19/h5-6,12H,2,4,7H2,1,3H3. The second-order valence-corrected chi connectivity index (χ2v) is 6.08. The Morgan fingerprint density at radius 3 is 2.28 bits per heavy atom. The molecule has 0 aliphatic heterocycles. The van der Waals surface area contributed by atoms with Crippen molar-refractivity contribution in [2.24, 2.45) is 0 Å². The predicted octanol–water partition coefficient (Wildman–Crippen LogP) is 3.99. The molecule has 0 amide bonds. The van der Waals surface area contributed by atoms with Crippen LogP contribution in [0.3, 0.4) is 0 Å². The summed E-state index contributed by atoms with van der Waals surface area (Å²) in [4.78, 5) is 35.0. The third-order valence-electron chi connectivity index (χ3n) is 2.77. The highest BCUT2D eigenvalue weighted by Crippen LogP contribution is 2.33. The van der Waals surface area contributed by atoms with E-state index in [9.17, 15) is 14.4 Å². The van der Waals surface area contributed by atoms with E-state index in [-0.39, 0.29) is 32.8 Å². The zero-order valence-corrected chi connectivity index (χ0v) is 15.7. The van der Waals surface area contributed by atoms with Crippen LogP contribution >= 0.6 is 34.8 Å². The monoisotopic (exact) mass is 408 g/mol. The number of carbonyl (C=O) groups excluding carboxylic acids is 3. The first-order valence-electron chi connectivity index (χ1n) is 7.04. The van der Waals surface area contributed by atoms with Gasteiger partial charge in [-0.3, -0.25) is 0 Å². The molecule has 136 valence electrons. The lowest BCUT2D eigenvalue weighted by atomic mass is 10.2. The minimum Gasteiger partial charge on any atom is -0.480 e. The normalized spacial score (nSPS) is 11.4. The number of halogens is 3. The first-order valence-corrected chi connectivity index (χ1v) is 8.17. The van der Waals surface area contributed by atoms with Crippen molar-refractivity contribution in [3.8, 4) is 5.75 Å². The second-order valence-electron chi connectivity index (χ2n) is 4.86. The Morgan fingerprint density at radius 1 is 1.12 bits per heavy atom. The summed E-state index contributed by atoms with van der Waals surface area (Å²) in [5.74, 6) is -2.65. The number of rotatable bonds is 7. The molecule has 0 bridgehead atoms. The van der Waals surface area contributed by atoms with Gasteiger partial charge < -0.3 is 14.2 Å². The van der Waals surface area contributed by atoms with E-state index in [0.717, 1.165) is 0 Å². The van der Waals surface area contributed by atoms with Gasteiger partial charge in [0.05, 0.1) is 15.1 Å². The van der Waals surface area contributed by atoms with Crippen LogP contribution in [0.5, 0.6) is 5.75 Å². The van der Waals surface area contributed by atoms with Crippen LogP contribution in [0.4, 0.5) is 0 Å². The first-order chi connectivity index (χ1) is 11.6. The summed E-state index contributed by atoms with van der Waals surface area (Å²) < 4.78 is 14.6.